The lowest BCUT2D eigenvalue weighted by atomic mass is 10.2. The van der Waals surface area contributed by atoms with Crippen molar-refractivity contribution >= 4 is 11.8 Å². The lowest BCUT2D eigenvalue weighted by molar-refractivity contribution is -0.143. The number of nitrogens with one attached hydrogen (secondary N) is 1. The molecule has 0 aromatic carbocycles. The van der Waals surface area contributed by atoms with Gasteiger partial charge in [0, 0.05) is 32.3 Å². The van der Waals surface area contributed by atoms with Gasteiger partial charge in [-0.05, 0) is 39.5 Å². The number of amides is 2. The molecule has 2 aliphatic rings. The Bertz CT molecular complexity index is 404. The summed E-state index contributed by atoms with van der Waals surface area (Å²) in [5.74, 6) is -0.00810. The van der Waals surface area contributed by atoms with Crippen molar-refractivity contribution in [2.45, 2.75) is 57.8 Å². The first kappa shape index (κ1) is 19.1. The molecule has 0 spiro atoms. The zero-order valence-corrected chi connectivity index (χ0v) is 14.8. The SMILES string of the molecule is CC(C)N(CCOCCNC(=O)[C@@H]1CCCO1)C(=O)[C@H]1CCCO1. The van der Waals surface area contributed by atoms with Crippen LogP contribution >= 0.6 is 0 Å². The van der Waals surface area contributed by atoms with Gasteiger partial charge >= 0.3 is 0 Å². The van der Waals surface area contributed by atoms with Crippen LogP contribution in [-0.4, -0.2) is 74.5 Å². The number of nitrogens with zero attached hydrogens (tertiary/aromatic N) is 1. The maximum absolute atomic E-state index is 12.4. The summed E-state index contributed by atoms with van der Waals surface area (Å²) in [7, 11) is 0. The molecule has 0 bridgehead atoms. The van der Waals surface area contributed by atoms with E-state index in [0.29, 0.717) is 39.5 Å². The molecule has 0 unspecified atom stereocenters. The van der Waals surface area contributed by atoms with Gasteiger partial charge in [-0.3, -0.25) is 9.59 Å². The average Bonchev–Trinajstić information content (AvgIpc) is 3.25. The van der Waals surface area contributed by atoms with Crippen molar-refractivity contribution in [3.8, 4) is 0 Å². The van der Waals surface area contributed by atoms with Gasteiger partial charge < -0.3 is 24.4 Å². The highest BCUT2D eigenvalue weighted by Gasteiger charge is 2.29. The highest BCUT2D eigenvalue weighted by molar-refractivity contribution is 5.81. The van der Waals surface area contributed by atoms with E-state index in [4.69, 9.17) is 14.2 Å². The zero-order valence-electron chi connectivity index (χ0n) is 14.8. The molecule has 0 aromatic heterocycles. The Hall–Kier alpha value is -1.18. The molecule has 2 atom stereocenters. The van der Waals surface area contributed by atoms with E-state index in [1.165, 1.54) is 0 Å². The van der Waals surface area contributed by atoms with Crippen LogP contribution < -0.4 is 5.32 Å². The molecule has 7 heteroatoms. The van der Waals surface area contributed by atoms with E-state index in [2.05, 4.69) is 5.32 Å². The Morgan fingerprint density at radius 3 is 2.38 bits per heavy atom. The molecule has 2 saturated heterocycles. The highest BCUT2D eigenvalue weighted by Crippen LogP contribution is 2.16. The Kier molecular flexibility index (Phi) is 7.94. The van der Waals surface area contributed by atoms with E-state index in [1.54, 1.807) is 4.90 Å². The van der Waals surface area contributed by atoms with Crippen molar-refractivity contribution in [1.29, 1.82) is 0 Å². The minimum absolute atomic E-state index is 0.0535. The average molecular weight is 342 g/mol. The molecule has 24 heavy (non-hydrogen) atoms. The molecular formula is C17H30N2O5. The van der Waals surface area contributed by atoms with Crippen molar-refractivity contribution in [3.63, 3.8) is 0 Å². The predicted octanol–water partition coefficient (Wildman–Crippen LogP) is 0.714. The molecule has 0 saturated carbocycles. The smallest absolute Gasteiger partial charge is 0.252 e. The maximum Gasteiger partial charge on any atom is 0.252 e. The quantitative estimate of drug-likeness (QED) is 0.625. The molecule has 0 radical (unpaired) electrons. The Morgan fingerprint density at radius 1 is 1.12 bits per heavy atom. The summed E-state index contributed by atoms with van der Waals surface area (Å²) in [4.78, 5) is 26.0. The van der Waals surface area contributed by atoms with Gasteiger partial charge in [-0.1, -0.05) is 0 Å². The van der Waals surface area contributed by atoms with Crippen LogP contribution in [0.2, 0.25) is 0 Å². The first-order chi connectivity index (χ1) is 11.6. The third kappa shape index (κ3) is 5.72. The first-order valence-corrected chi connectivity index (χ1v) is 8.98. The monoisotopic (exact) mass is 342 g/mol. The highest BCUT2D eigenvalue weighted by atomic mass is 16.5. The molecule has 138 valence electrons. The van der Waals surface area contributed by atoms with Crippen molar-refractivity contribution < 1.29 is 23.8 Å². The van der Waals surface area contributed by atoms with E-state index in [0.717, 1.165) is 25.7 Å². The number of hydrogen-bond donors (Lipinski definition) is 1. The summed E-state index contributed by atoms with van der Waals surface area (Å²) >= 11 is 0. The number of carbonyl (C=O) groups excluding carboxylic acids is 2. The molecule has 2 fully saturated rings. The Labute approximate surface area is 144 Å². The van der Waals surface area contributed by atoms with E-state index in [1.807, 2.05) is 13.8 Å². The molecule has 2 heterocycles. The van der Waals surface area contributed by atoms with Gasteiger partial charge in [-0.2, -0.15) is 0 Å². The van der Waals surface area contributed by atoms with E-state index >= 15 is 0 Å². The minimum Gasteiger partial charge on any atom is -0.378 e. The lowest BCUT2D eigenvalue weighted by Gasteiger charge is -2.29. The summed E-state index contributed by atoms with van der Waals surface area (Å²) in [6.07, 6.45) is 2.89. The van der Waals surface area contributed by atoms with Crippen LogP contribution in [-0.2, 0) is 23.8 Å². The second-order valence-corrected chi connectivity index (χ2v) is 6.53. The van der Waals surface area contributed by atoms with Crippen LogP contribution in [0.15, 0.2) is 0 Å². The first-order valence-electron chi connectivity index (χ1n) is 8.98. The van der Waals surface area contributed by atoms with E-state index in [9.17, 15) is 9.59 Å². The number of hydrogen-bond acceptors (Lipinski definition) is 5. The number of carbonyl (C=O) groups is 2. The summed E-state index contributed by atoms with van der Waals surface area (Å²) < 4.78 is 16.3. The largest absolute Gasteiger partial charge is 0.378 e. The van der Waals surface area contributed by atoms with Gasteiger partial charge in [0.15, 0.2) is 0 Å². The standard InChI is InChI=1S/C17H30N2O5/c1-13(2)19(17(21)15-6-4-10-24-15)8-12-22-11-7-18-16(20)14-5-3-9-23-14/h13-15H,3-12H2,1-2H3,(H,18,20)/t14-,15+/m0/s1. The Morgan fingerprint density at radius 2 is 1.79 bits per heavy atom. The molecule has 0 aliphatic carbocycles. The molecule has 2 amide bonds. The molecule has 2 rings (SSSR count). The van der Waals surface area contributed by atoms with Crippen LogP contribution in [0.25, 0.3) is 0 Å². The normalized spacial score (nSPS) is 23.6. The minimum atomic E-state index is -0.300. The van der Waals surface area contributed by atoms with Crippen molar-refractivity contribution in [2.75, 3.05) is 39.5 Å². The van der Waals surface area contributed by atoms with Crippen LogP contribution in [0, 0.1) is 0 Å². The molecular weight excluding hydrogens is 312 g/mol. The van der Waals surface area contributed by atoms with Crippen LogP contribution in [0.3, 0.4) is 0 Å². The third-order valence-corrected chi connectivity index (χ3v) is 4.36. The van der Waals surface area contributed by atoms with Gasteiger partial charge in [0.05, 0.1) is 13.2 Å². The molecule has 0 aromatic rings. The third-order valence-electron chi connectivity index (χ3n) is 4.36. The second kappa shape index (κ2) is 9.96. The summed E-state index contributed by atoms with van der Waals surface area (Å²) in [6.45, 7) is 7.20. The fourth-order valence-electron chi connectivity index (χ4n) is 2.99. The van der Waals surface area contributed by atoms with Crippen molar-refractivity contribution in [2.24, 2.45) is 0 Å². The van der Waals surface area contributed by atoms with Crippen LogP contribution in [0.5, 0.6) is 0 Å². The van der Waals surface area contributed by atoms with Crippen LogP contribution in [0.4, 0.5) is 0 Å². The zero-order chi connectivity index (χ0) is 17.4. The maximum atomic E-state index is 12.4. The van der Waals surface area contributed by atoms with Gasteiger partial charge in [0.25, 0.3) is 5.91 Å². The summed E-state index contributed by atoms with van der Waals surface area (Å²) in [6, 6.07) is 0.115. The van der Waals surface area contributed by atoms with E-state index < -0.39 is 0 Å². The fraction of sp³-hybridized carbons (Fsp3) is 0.882. The molecule has 7 nitrogen and oxygen atoms in total. The molecule has 2 aliphatic heterocycles. The fourth-order valence-corrected chi connectivity index (χ4v) is 2.99. The lowest BCUT2D eigenvalue weighted by Crippen LogP contribution is -2.45. The van der Waals surface area contributed by atoms with Gasteiger partial charge in [-0.25, -0.2) is 0 Å². The summed E-state index contributed by atoms with van der Waals surface area (Å²) in [5, 5.41) is 2.81. The molecule has 1 N–H and O–H groups in total. The predicted molar refractivity (Wildman–Crippen MR) is 88.6 cm³/mol. The Balaban J connectivity index is 1.58. The second-order valence-electron chi connectivity index (χ2n) is 6.53. The van der Waals surface area contributed by atoms with Gasteiger partial charge in [0.1, 0.15) is 12.2 Å². The number of rotatable bonds is 9. The van der Waals surface area contributed by atoms with Crippen LogP contribution in [0.1, 0.15) is 39.5 Å². The van der Waals surface area contributed by atoms with Crippen molar-refractivity contribution in [1.82, 2.24) is 10.2 Å². The van der Waals surface area contributed by atoms with Gasteiger partial charge in [0.2, 0.25) is 5.91 Å². The van der Waals surface area contributed by atoms with Gasteiger partial charge in [-0.15, -0.1) is 0 Å². The topological polar surface area (TPSA) is 77.1 Å². The number of ether oxygens (including phenoxy) is 3. The van der Waals surface area contributed by atoms with E-state index in [-0.39, 0.29) is 30.1 Å². The van der Waals surface area contributed by atoms with Crippen molar-refractivity contribution in [3.05, 3.63) is 0 Å². The summed E-state index contributed by atoms with van der Waals surface area (Å²) in [5.41, 5.74) is 0.